The number of carbonyl (C=O) groups excluding carboxylic acids is 2. The highest BCUT2D eigenvalue weighted by atomic mass is 32.1. The third-order valence-corrected chi connectivity index (χ3v) is 12.3. The van der Waals surface area contributed by atoms with Gasteiger partial charge in [0.05, 0.1) is 39.9 Å². The van der Waals surface area contributed by atoms with Gasteiger partial charge in [0.15, 0.2) is 0 Å². The third kappa shape index (κ3) is 7.95. The van der Waals surface area contributed by atoms with Gasteiger partial charge in [-0.25, -0.2) is 0 Å². The van der Waals surface area contributed by atoms with E-state index in [1.807, 2.05) is 19.1 Å². The van der Waals surface area contributed by atoms with Gasteiger partial charge in [0.25, 0.3) is 11.8 Å². The highest BCUT2D eigenvalue weighted by Crippen LogP contribution is 2.51. The molecule has 0 unspecified atom stereocenters. The smallest absolute Gasteiger partial charge is 0.275 e. The monoisotopic (exact) mass is 765 g/mol. The Balaban J connectivity index is 1.33. The first-order valence-corrected chi connectivity index (χ1v) is 20.1. The van der Waals surface area contributed by atoms with Crippen LogP contribution in [0.3, 0.4) is 0 Å². The zero-order valence-corrected chi connectivity index (χ0v) is 32.8. The first kappa shape index (κ1) is 37.2. The van der Waals surface area contributed by atoms with Gasteiger partial charge in [-0.1, -0.05) is 39.0 Å². The summed E-state index contributed by atoms with van der Waals surface area (Å²) in [6, 6.07) is 10.9. The maximum atomic E-state index is 13.7. The summed E-state index contributed by atoms with van der Waals surface area (Å²) in [4.78, 5) is 33.6. The minimum absolute atomic E-state index is 0.357. The number of carbonyl (C=O) groups is 2. The number of unbranched alkanes of at least 4 members (excludes halogenated alkanes) is 5. The topological polar surface area (TPSA) is 72.4 Å². The van der Waals surface area contributed by atoms with E-state index in [1.165, 1.54) is 53.6 Å². The number of aryl methyl sites for hydroxylation is 2. The van der Waals surface area contributed by atoms with E-state index in [0.29, 0.717) is 17.7 Å². The Morgan fingerprint density at radius 3 is 1.98 bits per heavy atom. The number of rotatable bonds is 11. The summed E-state index contributed by atoms with van der Waals surface area (Å²) in [5.41, 5.74) is 5.36. The van der Waals surface area contributed by atoms with Crippen molar-refractivity contribution in [3.63, 3.8) is 0 Å². The van der Waals surface area contributed by atoms with Gasteiger partial charge < -0.3 is 4.74 Å². The van der Waals surface area contributed by atoms with Crippen molar-refractivity contribution in [3.05, 3.63) is 50.7 Å². The maximum absolute atomic E-state index is 13.7. The fraction of sp³-hybridized carbons (Fsp3) is 0.256. The van der Waals surface area contributed by atoms with Crippen LogP contribution in [0.4, 0.5) is 0 Å². The van der Waals surface area contributed by atoms with Crippen LogP contribution in [0.25, 0.3) is 41.7 Å². The Hall–Kier alpha value is -5.56. The number of benzene rings is 1. The van der Waals surface area contributed by atoms with E-state index in [9.17, 15) is 9.59 Å². The van der Waals surface area contributed by atoms with Crippen LogP contribution in [-0.4, -0.2) is 32.1 Å². The first-order valence-electron chi connectivity index (χ1n) is 16.9. The summed E-state index contributed by atoms with van der Waals surface area (Å²) >= 11 is 5.90. The van der Waals surface area contributed by atoms with Crippen molar-refractivity contribution in [2.45, 2.75) is 66.2 Å². The number of ether oxygens (including phenoxy) is 1. The molecule has 0 saturated heterocycles. The van der Waals surface area contributed by atoms with E-state index >= 15 is 0 Å². The Kier molecular flexibility index (Phi) is 12.1. The molecule has 5 aromatic rings. The molecule has 0 aliphatic carbocycles. The van der Waals surface area contributed by atoms with Crippen molar-refractivity contribution in [1.82, 2.24) is 13.6 Å². The predicted molar refractivity (Wildman–Crippen MR) is 219 cm³/mol. The Morgan fingerprint density at radius 2 is 1.28 bits per heavy atom. The number of hydrogen-bond acceptors (Lipinski definition) is 9. The molecule has 6 rings (SSSR count). The van der Waals surface area contributed by atoms with Crippen molar-refractivity contribution >= 4 is 68.6 Å². The van der Waals surface area contributed by atoms with E-state index < -0.39 is 11.8 Å². The molecular weight excluding hydrogens is 735 g/mol. The minimum atomic E-state index is -0.474. The molecule has 0 N–H and O–H groups in total. The zero-order valence-electron chi connectivity index (χ0n) is 29.5. The summed E-state index contributed by atoms with van der Waals surface area (Å²) in [5, 5.41) is 0. The number of aromatic nitrogens is 2. The molecule has 0 bridgehead atoms. The molecular formula is C43H31N3O3S4. The van der Waals surface area contributed by atoms with Gasteiger partial charge in [0.1, 0.15) is 16.8 Å². The molecule has 0 spiro atoms. The third-order valence-electron chi connectivity index (χ3n) is 8.37. The number of amides is 2. The minimum Gasteiger partial charge on any atom is -0.493 e. The molecule has 53 heavy (non-hydrogen) atoms. The van der Waals surface area contributed by atoms with Crippen molar-refractivity contribution in [2.75, 3.05) is 6.61 Å². The molecule has 0 saturated carbocycles. The molecule has 0 atom stereocenters. The largest absolute Gasteiger partial charge is 0.493 e. The summed E-state index contributed by atoms with van der Waals surface area (Å²) < 4.78 is 16.3. The Bertz CT molecular complexity index is 2620. The Morgan fingerprint density at radius 1 is 0.679 bits per heavy atom. The molecule has 0 radical (unpaired) electrons. The van der Waals surface area contributed by atoms with Crippen LogP contribution in [-0.2, 0) is 0 Å². The van der Waals surface area contributed by atoms with Gasteiger partial charge in [0.2, 0.25) is 0 Å². The van der Waals surface area contributed by atoms with Crippen molar-refractivity contribution in [2.24, 2.45) is 0 Å². The van der Waals surface area contributed by atoms with Crippen LogP contribution < -0.4 is 4.74 Å². The average molecular weight is 766 g/mol. The number of fused-ring (bicyclic) bond motifs is 2. The fourth-order valence-electron chi connectivity index (χ4n) is 5.97. The number of thiophene rings is 3. The van der Waals surface area contributed by atoms with Crippen LogP contribution in [0.15, 0.2) is 24.3 Å². The SMILES string of the molecule is C#CC#CC#CC#CC#CC#CN1C(=O)c2c(C)sc(-c3ccc(-c4c(OCCCCCCCC)c(C)c(-c5ccc(C)s5)c5nsnc45)s3)c2C1=O. The number of hydrogen-bond donors (Lipinski definition) is 0. The zero-order chi connectivity index (χ0) is 37.3. The van der Waals surface area contributed by atoms with E-state index in [0.717, 1.165) is 75.6 Å². The highest BCUT2D eigenvalue weighted by molar-refractivity contribution is 7.24. The molecule has 6 nitrogen and oxygen atoms in total. The number of terminal acetylenes is 1. The molecule has 260 valence electrons. The normalized spacial score (nSPS) is 11.2. The summed E-state index contributed by atoms with van der Waals surface area (Å²) in [5.74, 6) is 24.5. The number of imide groups is 1. The molecule has 5 heterocycles. The lowest BCUT2D eigenvalue weighted by Crippen LogP contribution is -2.24. The average Bonchev–Trinajstić information content (AvgIpc) is 3.99. The van der Waals surface area contributed by atoms with Crippen molar-refractivity contribution in [3.8, 4) is 108 Å². The molecule has 1 aromatic carbocycles. The van der Waals surface area contributed by atoms with E-state index in [2.05, 4.69) is 98.2 Å². The molecule has 10 heteroatoms. The maximum Gasteiger partial charge on any atom is 0.275 e. The molecule has 1 aliphatic heterocycles. The van der Waals surface area contributed by atoms with Gasteiger partial charge >= 0.3 is 0 Å². The van der Waals surface area contributed by atoms with Gasteiger partial charge in [0, 0.05) is 71.2 Å². The number of nitrogens with zero attached hydrogens (tertiary/aromatic N) is 3. The molecule has 0 fully saturated rings. The van der Waals surface area contributed by atoms with Crippen LogP contribution in [0.5, 0.6) is 5.75 Å². The predicted octanol–water partition coefficient (Wildman–Crippen LogP) is 9.75. The van der Waals surface area contributed by atoms with Crippen LogP contribution in [0.2, 0.25) is 0 Å². The van der Waals surface area contributed by atoms with Gasteiger partial charge in [-0.2, -0.15) is 13.6 Å². The van der Waals surface area contributed by atoms with Gasteiger partial charge in [-0.3, -0.25) is 9.59 Å². The second kappa shape index (κ2) is 17.3. The Labute approximate surface area is 326 Å². The van der Waals surface area contributed by atoms with Crippen LogP contribution >= 0.6 is 45.7 Å². The first-order chi connectivity index (χ1) is 25.8. The lowest BCUT2D eigenvalue weighted by molar-refractivity contribution is 0.0735. The van der Waals surface area contributed by atoms with Crippen molar-refractivity contribution < 1.29 is 14.3 Å². The lowest BCUT2D eigenvalue weighted by atomic mass is 9.98. The highest BCUT2D eigenvalue weighted by Gasteiger charge is 2.41. The van der Waals surface area contributed by atoms with Gasteiger partial charge in [-0.05, 0) is 81.1 Å². The molecule has 1 aliphatic rings. The van der Waals surface area contributed by atoms with E-state index in [4.69, 9.17) is 19.9 Å². The van der Waals surface area contributed by atoms with Crippen LogP contribution in [0.1, 0.15) is 81.5 Å². The van der Waals surface area contributed by atoms with Crippen LogP contribution in [0, 0.1) is 92.4 Å². The summed E-state index contributed by atoms with van der Waals surface area (Å²) in [6.45, 7) is 8.89. The molecule has 4 aromatic heterocycles. The van der Waals surface area contributed by atoms with Gasteiger partial charge in [-0.15, -0.1) is 40.4 Å². The van der Waals surface area contributed by atoms with E-state index in [-0.39, 0.29) is 0 Å². The standard InChI is InChI=1S/C43H31N3O3S4/c1-6-8-10-12-14-15-16-17-18-20-26-46-42(47)35-30(5)51-41(37(35)43(46)48)33-25-24-32(52-33)36-39-38(44-53-45-39)34(31-23-22-28(3)50-31)29(4)40(36)49-27-21-19-13-11-9-7-2/h1,22-25H,7,9,11,13,19,21,27H2,2-5H3. The van der Waals surface area contributed by atoms with E-state index in [1.54, 1.807) is 22.7 Å². The second-order valence-electron chi connectivity index (χ2n) is 11.9. The summed E-state index contributed by atoms with van der Waals surface area (Å²) in [6.07, 6.45) is 12.0. The fourth-order valence-corrected chi connectivity index (χ4v) is 9.80. The quantitative estimate of drug-likeness (QED) is 0.0761. The lowest BCUT2D eigenvalue weighted by Gasteiger charge is -2.17. The van der Waals surface area contributed by atoms with Crippen molar-refractivity contribution in [1.29, 1.82) is 0 Å². The molecule has 2 amide bonds. The second-order valence-corrected chi connectivity index (χ2v) is 16.0. The summed E-state index contributed by atoms with van der Waals surface area (Å²) in [7, 11) is 0.